The second-order valence-electron chi connectivity index (χ2n) is 4.02. The average molecular weight is 291 g/mol. The molecule has 0 aliphatic heterocycles. The lowest BCUT2D eigenvalue weighted by molar-refractivity contribution is 1.10. The quantitative estimate of drug-likeness (QED) is 0.793. The highest BCUT2D eigenvalue weighted by atomic mass is 79.9. The lowest BCUT2D eigenvalue weighted by atomic mass is 10.2. The van der Waals surface area contributed by atoms with Crippen LogP contribution in [0.5, 0.6) is 0 Å². The maximum atomic E-state index is 4.45. The minimum absolute atomic E-state index is 0.812. The molecule has 0 unspecified atom stereocenters. The minimum atomic E-state index is 0.812. The van der Waals surface area contributed by atoms with Crippen molar-refractivity contribution in [3.63, 3.8) is 0 Å². The van der Waals surface area contributed by atoms with E-state index in [4.69, 9.17) is 0 Å². The number of aromatic nitrogens is 1. The summed E-state index contributed by atoms with van der Waals surface area (Å²) in [6, 6.07) is 12.5. The molecule has 0 bridgehead atoms. The highest BCUT2D eigenvalue weighted by Crippen LogP contribution is 2.26. The van der Waals surface area contributed by atoms with Crippen molar-refractivity contribution in [3.05, 3.63) is 53.7 Å². The van der Waals surface area contributed by atoms with Crippen LogP contribution in [0.25, 0.3) is 0 Å². The summed E-state index contributed by atoms with van der Waals surface area (Å²) in [5.74, 6) is 0.995. The second-order valence-corrected chi connectivity index (χ2v) is 4.58. The Balaban J connectivity index is 2.40. The smallest absolute Gasteiger partial charge is 0.136 e. The first kappa shape index (κ1) is 12.1. The number of pyridine rings is 1. The van der Waals surface area contributed by atoms with Crippen molar-refractivity contribution < 1.29 is 0 Å². The molecule has 2 nitrogen and oxygen atoms in total. The van der Waals surface area contributed by atoms with Crippen LogP contribution < -0.4 is 4.90 Å². The van der Waals surface area contributed by atoms with Gasteiger partial charge in [0.2, 0.25) is 0 Å². The van der Waals surface area contributed by atoms with Gasteiger partial charge in [0.25, 0.3) is 0 Å². The average Bonchev–Trinajstić information content (AvgIpc) is 2.38. The number of benzene rings is 1. The highest BCUT2D eigenvalue weighted by Gasteiger charge is 2.09. The van der Waals surface area contributed by atoms with Crippen LogP contribution in [0.1, 0.15) is 11.1 Å². The Kier molecular flexibility index (Phi) is 3.79. The molecule has 88 valence electrons. The predicted octanol–water partition coefficient (Wildman–Crippen LogP) is 4.05. The summed E-state index contributed by atoms with van der Waals surface area (Å²) in [6.45, 7) is 2.10. The first-order valence-corrected chi connectivity index (χ1v) is 6.65. The molecule has 17 heavy (non-hydrogen) atoms. The third kappa shape index (κ3) is 2.67. The van der Waals surface area contributed by atoms with Gasteiger partial charge in [-0.25, -0.2) is 4.98 Å². The third-order valence-corrected chi connectivity index (χ3v) is 3.32. The van der Waals surface area contributed by atoms with Gasteiger partial charge in [-0.05, 0) is 30.7 Å². The molecule has 0 saturated carbocycles. The van der Waals surface area contributed by atoms with E-state index in [-0.39, 0.29) is 0 Å². The molecule has 0 saturated heterocycles. The van der Waals surface area contributed by atoms with Crippen molar-refractivity contribution in [1.82, 2.24) is 4.98 Å². The van der Waals surface area contributed by atoms with Crippen molar-refractivity contribution in [2.24, 2.45) is 0 Å². The summed E-state index contributed by atoms with van der Waals surface area (Å²) in [5, 5.41) is 0.812. The molecular weight excluding hydrogens is 276 g/mol. The Morgan fingerprint density at radius 3 is 2.76 bits per heavy atom. The van der Waals surface area contributed by atoms with Crippen molar-refractivity contribution in [2.75, 3.05) is 11.9 Å². The number of nitrogens with zero attached hydrogens (tertiary/aromatic N) is 2. The number of halogens is 1. The Morgan fingerprint density at radius 1 is 1.24 bits per heavy atom. The van der Waals surface area contributed by atoms with E-state index in [0.29, 0.717) is 0 Å². The number of aryl methyl sites for hydroxylation is 1. The van der Waals surface area contributed by atoms with Gasteiger partial charge in [-0.1, -0.05) is 34.1 Å². The number of hydrogen-bond acceptors (Lipinski definition) is 2. The van der Waals surface area contributed by atoms with Crippen LogP contribution in [0.3, 0.4) is 0 Å². The van der Waals surface area contributed by atoms with E-state index < -0.39 is 0 Å². The fourth-order valence-electron chi connectivity index (χ4n) is 1.80. The second kappa shape index (κ2) is 5.32. The van der Waals surface area contributed by atoms with Crippen LogP contribution in [-0.2, 0) is 5.33 Å². The van der Waals surface area contributed by atoms with E-state index in [2.05, 4.69) is 63.1 Å². The van der Waals surface area contributed by atoms with Gasteiger partial charge in [-0.15, -0.1) is 0 Å². The number of anilines is 2. The zero-order valence-electron chi connectivity index (χ0n) is 10.0. The SMILES string of the molecule is Cc1cccc(N(C)c2ncccc2CBr)c1. The zero-order chi connectivity index (χ0) is 12.3. The van der Waals surface area contributed by atoms with E-state index in [1.54, 1.807) is 0 Å². The monoisotopic (exact) mass is 290 g/mol. The summed E-state index contributed by atoms with van der Waals surface area (Å²) in [4.78, 5) is 6.57. The molecule has 0 atom stereocenters. The van der Waals surface area contributed by atoms with Crippen LogP contribution in [-0.4, -0.2) is 12.0 Å². The van der Waals surface area contributed by atoms with Crippen molar-refractivity contribution in [1.29, 1.82) is 0 Å². The normalized spacial score (nSPS) is 10.3. The van der Waals surface area contributed by atoms with Crippen molar-refractivity contribution >= 4 is 27.4 Å². The van der Waals surface area contributed by atoms with Crippen LogP contribution in [0.4, 0.5) is 11.5 Å². The molecule has 0 aliphatic carbocycles. The largest absolute Gasteiger partial charge is 0.329 e. The van der Waals surface area contributed by atoms with Gasteiger partial charge < -0.3 is 4.90 Å². The summed E-state index contributed by atoms with van der Waals surface area (Å²) >= 11 is 3.50. The van der Waals surface area contributed by atoms with Crippen LogP contribution >= 0.6 is 15.9 Å². The summed E-state index contributed by atoms with van der Waals surface area (Å²) in [6.07, 6.45) is 1.83. The van der Waals surface area contributed by atoms with E-state index in [1.165, 1.54) is 11.1 Å². The molecule has 0 aliphatic rings. The molecule has 0 N–H and O–H groups in total. The molecule has 0 fully saturated rings. The van der Waals surface area contributed by atoms with Crippen LogP contribution in [0.15, 0.2) is 42.6 Å². The van der Waals surface area contributed by atoms with Crippen molar-refractivity contribution in [2.45, 2.75) is 12.3 Å². The summed E-state index contributed by atoms with van der Waals surface area (Å²) in [7, 11) is 2.04. The molecular formula is C14H15BrN2. The Labute approximate surface area is 110 Å². The Hall–Kier alpha value is -1.35. The molecule has 0 amide bonds. The maximum absolute atomic E-state index is 4.45. The van der Waals surface area contributed by atoms with E-state index >= 15 is 0 Å². The number of hydrogen-bond donors (Lipinski definition) is 0. The molecule has 0 radical (unpaired) electrons. The summed E-state index contributed by atoms with van der Waals surface area (Å²) < 4.78 is 0. The fourth-order valence-corrected chi connectivity index (χ4v) is 2.23. The topological polar surface area (TPSA) is 16.1 Å². The fraction of sp³-hybridized carbons (Fsp3) is 0.214. The Morgan fingerprint density at radius 2 is 2.06 bits per heavy atom. The van der Waals surface area contributed by atoms with Crippen molar-refractivity contribution in [3.8, 4) is 0 Å². The molecule has 3 heteroatoms. The zero-order valence-corrected chi connectivity index (χ0v) is 11.6. The predicted molar refractivity (Wildman–Crippen MR) is 76.1 cm³/mol. The maximum Gasteiger partial charge on any atom is 0.136 e. The molecule has 0 spiro atoms. The van der Waals surface area contributed by atoms with Crippen LogP contribution in [0.2, 0.25) is 0 Å². The number of alkyl halides is 1. The number of rotatable bonds is 3. The van der Waals surface area contributed by atoms with E-state index in [0.717, 1.165) is 16.8 Å². The first-order chi connectivity index (χ1) is 8.22. The lowest BCUT2D eigenvalue weighted by Crippen LogP contribution is -2.13. The molecule has 1 aromatic carbocycles. The summed E-state index contributed by atoms with van der Waals surface area (Å²) in [5.41, 5.74) is 3.60. The first-order valence-electron chi connectivity index (χ1n) is 5.52. The van der Waals surface area contributed by atoms with Gasteiger partial charge in [0.1, 0.15) is 5.82 Å². The van der Waals surface area contributed by atoms with Gasteiger partial charge in [-0.2, -0.15) is 0 Å². The van der Waals surface area contributed by atoms with Gasteiger partial charge in [0, 0.05) is 29.8 Å². The van der Waals surface area contributed by atoms with E-state index in [1.807, 2.05) is 19.3 Å². The highest BCUT2D eigenvalue weighted by molar-refractivity contribution is 9.08. The minimum Gasteiger partial charge on any atom is -0.329 e. The molecule has 2 aromatic rings. The molecule has 1 aromatic heterocycles. The van der Waals surface area contributed by atoms with Gasteiger partial charge in [-0.3, -0.25) is 0 Å². The standard InChI is InChI=1S/C14H15BrN2/c1-11-5-3-7-13(9-11)17(2)14-12(10-15)6-4-8-16-14/h3-9H,10H2,1-2H3. The molecule has 1 heterocycles. The lowest BCUT2D eigenvalue weighted by Gasteiger charge is -2.21. The van der Waals surface area contributed by atoms with E-state index in [9.17, 15) is 0 Å². The third-order valence-electron chi connectivity index (χ3n) is 2.72. The van der Waals surface area contributed by atoms with Crippen LogP contribution in [0, 0.1) is 6.92 Å². The van der Waals surface area contributed by atoms with Gasteiger partial charge in [0.05, 0.1) is 0 Å². The van der Waals surface area contributed by atoms with Gasteiger partial charge in [0.15, 0.2) is 0 Å². The Bertz CT molecular complexity index is 511. The molecule has 2 rings (SSSR count). The van der Waals surface area contributed by atoms with Gasteiger partial charge >= 0.3 is 0 Å².